The summed E-state index contributed by atoms with van der Waals surface area (Å²) in [6.45, 7) is 3.99. The van der Waals surface area contributed by atoms with E-state index < -0.39 is 0 Å². The molecule has 0 saturated heterocycles. The molecule has 2 aromatic carbocycles. The number of nitrogens with one attached hydrogen (secondary N) is 1. The second-order valence-corrected chi connectivity index (χ2v) is 6.49. The molecule has 0 unspecified atom stereocenters. The summed E-state index contributed by atoms with van der Waals surface area (Å²) in [5.74, 6) is 0. The van der Waals surface area contributed by atoms with Gasteiger partial charge in [0.05, 0.1) is 20.9 Å². The third kappa shape index (κ3) is 2.49. The third-order valence-electron chi connectivity index (χ3n) is 3.11. The Hall–Kier alpha value is -1.29. The Kier molecular flexibility index (Phi) is 3.59. The summed E-state index contributed by atoms with van der Waals surface area (Å²) < 4.78 is 1.15. The van der Waals surface area contributed by atoms with E-state index in [9.17, 15) is 0 Å². The van der Waals surface area contributed by atoms with Crippen molar-refractivity contribution >= 4 is 55.6 Å². The van der Waals surface area contributed by atoms with Crippen LogP contribution in [0.25, 0.3) is 10.2 Å². The minimum Gasteiger partial charge on any atom is -0.330 e. The van der Waals surface area contributed by atoms with Crippen molar-refractivity contribution in [1.82, 2.24) is 4.98 Å². The lowest BCUT2D eigenvalue weighted by atomic mass is 10.2. The molecule has 0 aliphatic rings. The van der Waals surface area contributed by atoms with E-state index >= 15 is 0 Å². The first-order valence-corrected chi connectivity index (χ1v) is 7.70. The molecule has 20 heavy (non-hydrogen) atoms. The van der Waals surface area contributed by atoms with Crippen LogP contribution in [-0.4, -0.2) is 4.98 Å². The Bertz CT molecular complexity index is 796. The summed E-state index contributed by atoms with van der Waals surface area (Å²) in [7, 11) is 0. The van der Waals surface area contributed by atoms with Crippen LogP contribution in [0.15, 0.2) is 30.3 Å². The molecule has 1 aromatic heterocycles. The van der Waals surface area contributed by atoms with E-state index in [4.69, 9.17) is 23.2 Å². The highest BCUT2D eigenvalue weighted by Crippen LogP contribution is 2.34. The second kappa shape index (κ2) is 5.24. The van der Waals surface area contributed by atoms with E-state index in [0.29, 0.717) is 10.0 Å². The molecule has 0 amide bonds. The minimum atomic E-state index is 0.642. The van der Waals surface area contributed by atoms with Crippen molar-refractivity contribution in [3.63, 3.8) is 0 Å². The first-order valence-electron chi connectivity index (χ1n) is 6.13. The van der Waals surface area contributed by atoms with E-state index in [1.807, 2.05) is 25.1 Å². The summed E-state index contributed by atoms with van der Waals surface area (Å²) in [5.41, 5.74) is 3.93. The van der Waals surface area contributed by atoms with Crippen LogP contribution in [0.4, 0.5) is 10.8 Å². The van der Waals surface area contributed by atoms with Crippen molar-refractivity contribution in [2.24, 2.45) is 0 Å². The number of fused-ring (bicyclic) bond motifs is 1. The van der Waals surface area contributed by atoms with Gasteiger partial charge in [0.2, 0.25) is 0 Å². The summed E-state index contributed by atoms with van der Waals surface area (Å²) in [5, 5.41) is 5.39. The number of hydrogen-bond acceptors (Lipinski definition) is 3. The quantitative estimate of drug-likeness (QED) is 0.629. The van der Waals surface area contributed by atoms with Crippen molar-refractivity contribution in [1.29, 1.82) is 0 Å². The molecule has 1 N–H and O–H groups in total. The number of para-hydroxylation sites is 1. The fourth-order valence-corrected chi connectivity index (χ4v) is 3.38. The summed E-state index contributed by atoms with van der Waals surface area (Å²) >= 11 is 14.0. The van der Waals surface area contributed by atoms with Crippen LogP contribution in [-0.2, 0) is 0 Å². The van der Waals surface area contributed by atoms with Crippen molar-refractivity contribution < 1.29 is 0 Å². The average molecular weight is 323 g/mol. The molecular weight excluding hydrogens is 311 g/mol. The van der Waals surface area contributed by atoms with E-state index in [0.717, 1.165) is 26.6 Å². The summed E-state index contributed by atoms with van der Waals surface area (Å²) in [4.78, 5) is 4.61. The van der Waals surface area contributed by atoms with Crippen molar-refractivity contribution in [2.75, 3.05) is 5.32 Å². The monoisotopic (exact) mass is 322 g/mol. The van der Waals surface area contributed by atoms with E-state index in [-0.39, 0.29) is 0 Å². The Morgan fingerprint density at radius 1 is 1.05 bits per heavy atom. The topological polar surface area (TPSA) is 24.9 Å². The van der Waals surface area contributed by atoms with Gasteiger partial charge in [-0.1, -0.05) is 46.7 Å². The maximum atomic E-state index is 6.24. The van der Waals surface area contributed by atoms with Gasteiger partial charge in [-0.15, -0.1) is 0 Å². The van der Waals surface area contributed by atoms with Gasteiger partial charge in [-0.2, -0.15) is 0 Å². The Labute approximate surface area is 131 Å². The molecule has 0 aliphatic carbocycles. The van der Waals surface area contributed by atoms with Gasteiger partial charge < -0.3 is 5.32 Å². The van der Waals surface area contributed by atoms with E-state index in [1.165, 1.54) is 5.56 Å². The number of hydrogen-bond donors (Lipinski definition) is 1. The normalized spacial score (nSPS) is 11.0. The van der Waals surface area contributed by atoms with Crippen molar-refractivity contribution in [3.8, 4) is 0 Å². The highest BCUT2D eigenvalue weighted by atomic mass is 35.5. The molecule has 3 aromatic rings. The Balaban J connectivity index is 2.01. The molecule has 0 radical (unpaired) electrons. The summed E-state index contributed by atoms with van der Waals surface area (Å²) in [6.07, 6.45) is 0. The van der Waals surface area contributed by atoms with Crippen LogP contribution in [0.2, 0.25) is 10.0 Å². The van der Waals surface area contributed by atoms with Gasteiger partial charge in [-0.05, 0) is 43.2 Å². The molecule has 0 saturated carbocycles. The van der Waals surface area contributed by atoms with Crippen molar-refractivity contribution in [2.45, 2.75) is 13.8 Å². The number of rotatable bonds is 2. The molecule has 1 heterocycles. The zero-order valence-corrected chi connectivity index (χ0v) is 13.3. The standard InChI is InChI=1S/C15H12Cl2N2S/c1-8-4-3-5-13-14(8)19-15(20-13)18-12-7-10(16)9(2)6-11(12)17/h3-7H,1-2H3,(H,18,19). The Morgan fingerprint density at radius 2 is 1.85 bits per heavy atom. The largest absolute Gasteiger partial charge is 0.330 e. The van der Waals surface area contributed by atoms with Gasteiger partial charge in [0.15, 0.2) is 5.13 Å². The first-order chi connectivity index (χ1) is 9.54. The van der Waals surface area contributed by atoms with E-state index in [2.05, 4.69) is 29.4 Å². The fourth-order valence-electron chi connectivity index (χ4n) is 2.00. The molecule has 2 nitrogen and oxygen atoms in total. The lowest BCUT2D eigenvalue weighted by Crippen LogP contribution is -1.91. The molecule has 0 atom stereocenters. The Morgan fingerprint density at radius 3 is 2.60 bits per heavy atom. The highest BCUT2D eigenvalue weighted by Gasteiger charge is 2.09. The number of anilines is 2. The molecule has 0 spiro atoms. The van der Waals surface area contributed by atoms with Crippen LogP contribution in [0.1, 0.15) is 11.1 Å². The van der Waals surface area contributed by atoms with Crippen LogP contribution >= 0.6 is 34.5 Å². The van der Waals surface area contributed by atoms with Crippen LogP contribution in [0, 0.1) is 13.8 Å². The smallest absolute Gasteiger partial charge is 0.188 e. The molecule has 0 aliphatic heterocycles. The van der Waals surface area contributed by atoms with Gasteiger partial charge in [0, 0.05) is 5.02 Å². The summed E-state index contributed by atoms with van der Waals surface area (Å²) in [6, 6.07) is 9.84. The van der Waals surface area contributed by atoms with E-state index in [1.54, 1.807) is 11.3 Å². The minimum absolute atomic E-state index is 0.642. The zero-order chi connectivity index (χ0) is 14.3. The van der Waals surface area contributed by atoms with Gasteiger partial charge in [0.25, 0.3) is 0 Å². The van der Waals surface area contributed by atoms with Gasteiger partial charge in [-0.25, -0.2) is 4.98 Å². The number of halogens is 2. The maximum Gasteiger partial charge on any atom is 0.188 e. The average Bonchev–Trinajstić information content (AvgIpc) is 2.80. The van der Waals surface area contributed by atoms with Gasteiger partial charge in [0.1, 0.15) is 0 Å². The lowest BCUT2D eigenvalue weighted by Gasteiger charge is -2.07. The predicted octanol–water partition coefficient (Wildman–Crippen LogP) is 5.96. The third-order valence-corrected chi connectivity index (χ3v) is 4.77. The van der Waals surface area contributed by atoms with Crippen LogP contribution in [0.5, 0.6) is 0 Å². The molecule has 3 rings (SSSR count). The van der Waals surface area contributed by atoms with Gasteiger partial charge in [-0.3, -0.25) is 0 Å². The fraction of sp³-hybridized carbons (Fsp3) is 0.133. The predicted molar refractivity (Wildman–Crippen MR) is 88.8 cm³/mol. The first kappa shape index (κ1) is 13.7. The molecule has 0 bridgehead atoms. The number of nitrogens with zero attached hydrogens (tertiary/aromatic N) is 1. The van der Waals surface area contributed by atoms with Crippen LogP contribution in [0.3, 0.4) is 0 Å². The SMILES string of the molecule is Cc1cc(Cl)c(Nc2nc3c(C)cccc3s2)cc1Cl. The number of thiazole rings is 1. The maximum absolute atomic E-state index is 6.24. The number of aryl methyl sites for hydroxylation is 2. The lowest BCUT2D eigenvalue weighted by molar-refractivity contribution is 1.39. The number of aromatic nitrogens is 1. The van der Waals surface area contributed by atoms with Gasteiger partial charge >= 0.3 is 0 Å². The van der Waals surface area contributed by atoms with Crippen molar-refractivity contribution in [3.05, 3.63) is 51.5 Å². The van der Waals surface area contributed by atoms with Crippen LogP contribution < -0.4 is 5.32 Å². The second-order valence-electron chi connectivity index (χ2n) is 4.65. The number of benzene rings is 2. The molecular formula is C15H12Cl2N2S. The highest BCUT2D eigenvalue weighted by molar-refractivity contribution is 7.22. The molecule has 0 fully saturated rings. The zero-order valence-electron chi connectivity index (χ0n) is 11.0. The molecule has 5 heteroatoms. The molecule has 102 valence electrons.